The molecule has 0 aliphatic heterocycles. The van der Waals surface area contributed by atoms with Crippen LogP contribution in [-0.2, 0) is 16.1 Å². The van der Waals surface area contributed by atoms with E-state index in [0.717, 1.165) is 15.7 Å². The van der Waals surface area contributed by atoms with Crippen LogP contribution in [0.1, 0.15) is 21.5 Å². The molecule has 0 unspecified atom stereocenters. The van der Waals surface area contributed by atoms with Crippen LogP contribution < -0.4 is 16.6 Å². The average molecular weight is 464 g/mol. The zero-order valence-electron chi connectivity index (χ0n) is 18.2. The lowest BCUT2D eigenvalue weighted by Crippen LogP contribution is -2.40. The Bertz CT molecular complexity index is 1490. The number of benzene rings is 2. The molecule has 0 aliphatic carbocycles. The lowest BCUT2D eigenvalue weighted by Gasteiger charge is -2.14. The molecule has 2 heterocycles. The van der Waals surface area contributed by atoms with E-state index in [4.69, 9.17) is 4.74 Å². The van der Waals surface area contributed by atoms with Gasteiger partial charge in [0.2, 0.25) is 5.91 Å². The Morgan fingerprint density at radius 1 is 1.03 bits per heavy atom. The molecule has 0 saturated carbocycles. The van der Waals surface area contributed by atoms with E-state index in [9.17, 15) is 19.2 Å². The van der Waals surface area contributed by atoms with Gasteiger partial charge in [-0.05, 0) is 60.7 Å². The molecule has 33 heavy (non-hydrogen) atoms. The second-order valence-electron chi connectivity index (χ2n) is 7.58. The molecule has 0 bridgehead atoms. The molecule has 2 aromatic heterocycles. The largest absolute Gasteiger partial charge is 0.465 e. The van der Waals surface area contributed by atoms with Crippen LogP contribution in [0.4, 0.5) is 5.69 Å². The average Bonchev–Trinajstić information content (AvgIpc) is 3.26. The van der Waals surface area contributed by atoms with Gasteiger partial charge in [0.1, 0.15) is 11.2 Å². The molecule has 0 fully saturated rings. The Hall–Kier alpha value is -3.98. The number of nitrogens with zero attached hydrogens (tertiary/aromatic N) is 2. The van der Waals surface area contributed by atoms with E-state index in [1.165, 1.54) is 29.1 Å². The number of methoxy groups -OCH3 is 1. The molecule has 0 aliphatic rings. The van der Waals surface area contributed by atoms with Crippen molar-refractivity contribution in [3.8, 4) is 5.69 Å². The molecule has 9 heteroatoms. The van der Waals surface area contributed by atoms with E-state index in [1.807, 2.05) is 19.9 Å². The maximum absolute atomic E-state index is 13.4. The first-order chi connectivity index (χ1) is 15.8. The van der Waals surface area contributed by atoms with Gasteiger partial charge in [-0.15, -0.1) is 11.3 Å². The molecule has 0 saturated heterocycles. The summed E-state index contributed by atoms with van der Waals surface area (Å²) in [6.07, 6.45) is 0. The summed E-state index contributed by atoms with van der Waals surface area (Å²) in [5.41, 5.74) is 2.07. The fraction of sp³-hybridized carbons (Fsp3) is 0.167. The van der Waals surface area contributed by atoms with Crippen LogP contribution >= 0.6 is 11.3 Å². The topological polar surface area (TPSA) is 99.4 Å². The summed E-state index contributed by atoms with van der Waals surface area (Å²) in [5.74, 6) is -1.11. The highest BCUT2D eigenvalue weighted by atomic mass is 32.1. The Labute approximate surface area is 192 Å². The zero-order valence-corrected chi connectivity index (χ0v) is 19.1. The van der Waals surface area contributed by atoms with Crippen molar-refractivity contribution in [3.63, 3.8) is 0 Å². The van der Waals surface area contributed by atoms with Crippen LogP contribution in [0.25, 0.3) is 15.9 Å². The number of aryl methyl sites for hydroxylation is 2. The molecule has 0 spiro atoms. The number of ether oxygens (including phenoxy) is 1. The third kappa shape index (κ3) is 4.22. The quantitative estimate of drug-likeness (QED) is 0.458. The highest BCUT2D eigenvalue weighted by molar-refractivity contribution is 7.17. The van der Waals surface area contributed by atoms with Crippen molar-refractivity contribution in [3.05, 3.63) is 91.4 Å². The second-order valence-corrected chi connectivity index (χ2v) is 8.49. The first-order valence-electron chi connectivity index (χ1n) is 10.1. The van der Waals surface area contributed by atoms with Gasteiger partial charge in [-0.2, -0.15) is 0 Å². The number of anilines is 1. The van der Waals surface area contributed by atoms with E-state index in [2.05, 4.69) is 5.32 Å². The van der Waals surface area contributed by atoms with Gasteiger partial charge in [0, 0.05) is 0 Å². The standard InChI is InChI=1S/C24H21N3O5S/c1-14-10-15(2)12-16(11-14)27-22(29)21-19(8-9-33-21)26(24(27)31)13-20(28)25-18-7-5-4-6-17(18)23(30)32-3/h4-12H,13H2,1-3H3,(H,25,28). The molecule has 168 valence electrons. The fourth-order valence-electron chi connectivity index (χ4n) is 3.76. The number of fused-ring (bicyclic) bond motifs is 1. The third-order valence-corrected chi connectivity index (χ3v) is 6.02. The fourth-order valence-corrected chi connectivity index (χ4v) is 4.59. The zero-order chi connectivity index (χ0) is 23.7. The van der Waals surface area contributed by atoms with Crippen LogP contribution in [0.3, 0.4) is 0 Å². The molecule has 1 N–H and O–H groups in total. The van der Waals surface area contributed by atoms with Crippen LogP contribution in [0.5, 0.6) is 0 Å². The third-order valence-electron chi connectivity index (χ3n) is 5.13. The SMILES string of the molecule is COC(=O)c1ccccc1NC(=O)Cn1c(=O)n(-c2cc(C)cc(C)c2)c(=O)c2sccc21. The van der Waals surface area contributed by atoms with Crippen molar-refractivity contribution in [2.75, 3.05) is 12.4 Å². The van der Waals surface area contributed by atoms with Gasteiger partial charge in [0.25, 0.3) is 5.56 Å². The summed E-state index contributed by atoms with van der Waals surface area (Å²) in [6.45, 7) is 3.43. The van der Waals surface area contributed by atoms with Crippen LogP contribution in [0.15, 0.2) is 63.5 Å². The van der Waals surface area contributed by atoms with E-state index in [-0.39, 0.29) is 17.8 Å². The molecule has 4 rings (SSSR count). The predicted molar refractivity (Wildman–Crippen MR) is 128 cm³/mol. The van der Waals surface area contributed by atoms with Gasteiger partial charge in [-0.25, -0.2) is 14.2 Å². The number of hydrogen-bond acceptors (Lipinski definition) is 6. The Balaban J connectivity index is 1.79. The summed E-state index contributed by atoms with van der Waals surface area (Å²) in [6, 6.07) is 13.5. The van der Waals surface area contributed by atoms with E-state index in [0.29, 0.717) is 15.9 Å². The monoisotopic (exact) mass is 463 g/mol. The van der Waals surface area contributed by atoms with Gasteiger partial charge in [0.05, 0.1) is 29.6 Å². The number of hydrogen-bond donors (Lipinski definition) is 1. The van der Waals surface area contributed by atoms with Gasteiger partial charge < -0.3 is 10.1 Å². The molecular formula is C24H21N3O5S. The van der Waals surface area contributed by atoms with Crippen LogP contribution in [0, 0.1) is 13.8 Å². The lowest BCUT2D eigenvalue weighted by molar-refractivity contribution is -0.116. The highest BCUT2D eigenvalue weighted by Crippen LogP contribution is 2.19. The normalized spacial score (nSPS) is 10.9. The number of carbonyl (C=O) groups excluding carboxylic acids is 2. The maximum atomic E-state index is 13.4. The van der Waals surface area contributed by atoms with Crippen LogP contribution in [0.2, 0.25) is 0 Å². The molecule has 0 atom stereocenters. The summed E-state index contributed by atoms with van der Waals surface area (Å²) < 4.78 is 7.49. The lowest BCUT2D eigenvalue weighted by atomic mass is 10.1. The van der Waals surface area contributed by atoms with Crippen molar-refractivity contribution >= 4 is 39.1 Å². The van der Waals surface area contributed by atoms with Gasteiger partial charge in [-0.3, -0.25) is 14.2 Å². The molecule has 8 nitrogen and oxygen atoms in total. The van der Waals surface area contributed by atoms with Crippen molar-refractivity contribution in [2.24, 2.45) is 0 Å². The number of esters is 1. The number of nitrogens with one attached hydrogen (secondary N) is 1. The van der Waals surface area contributed by atoms with Crippen molar-refractivity contribution < 1.29 is 14.3 Å². The second kappa shape index (κ2) is 8.87. The van der Waals surface area contributed by atoms with Gasteiger partial charge >= 0.3 is 11.7 Å². The number of aromatic nitrogens is 2. The summed E-state index contributed by atoms with van der Waals surface area (Å²) in [4.78, 5) is 51.4. The van der Waals surface area contributed by atoms with Gasteiger partial charge in [0.15, 0.2) is 0 Å². The molecule has 4 aromatic rings. The summed E-state index contributed by atoms with van der Waals surface area (Å²) in [7, 11) is 1.25. The molecule has 0 radical (unpaired) electrons. The van der Waals surface area contributed by atoms with Gasteiger partial charge in [-0.1, -0.05) is 18.2 Å². The van der Waals surface area contributed by atoms with E-state index >= 15 is 0 Å². The highest BCUT2D eigenvalue weighted by Gasteiger charge is 2.19. The van der Waals surface area contributed by atoms with Crippen molar-refractivity contribution in [1.82, 2.24) is 9.13 Å². The first-order valence-corrected chi connectivity index (χ1v) is 11.0. The number of amides is 1. The molecule has 2 aromatic carbocycles. The summed E-state index contributed by atoms with van der Waals surface area (Å²) >= 11 is 1.21. The van der Waals surface area contributed by atoms with Crippen molar-refractivity contribution in [2.45, 2.75) is 20.4 Å². The number of rotatable bonds is 5. The smallest absolute Gasteiger partial charge is 0.339 e. The Morgan fingerprint density at radius 2 is 1.73 bits per heavy atom. The molecule has 1 amide bonds. The number of carbonyl (C=O) groups is 2. The van der Waals surface area contributed by atoms with E-state index < -0.39 is 23.1 Å². The minimum Gasteiger partial charge on any atom is -0.465 e. The summed E-state index contributed by atoms with van der Waals surface area (Å²) in [5, 5.41) is 4.37. The predicted octanol–water partition coefficient (Wildman–Crippen LogP) is 3.26. The van der Waals surface area contributed by atoms with E-state index in [1.54, 1.807) is 41.8 Å². The Kier molecular flexibility index (Phi) is 5.97. The minimum atomic E-state index is -0.618. The minimum absolute atomic E-state index is 0.196. The number of thiophene rings is 1. The maximum Gasteiger partial charge on any atom is 0.339 e. The molecular weight excluding hydrogens is 442 g/mol. The Morgan fingerprint density at radius 3 is 2.42 bits per heavy atom. The first kappa shape index (κ1) is 22.2. The number of para-hydroxylation sites is 1. The van der Waals surface area contributed by atoms with Crippen molar-refractivity contribution in [1.29, 1.82) is 0 Å². The van der Waals surface area contributed by atoms with Crippen LogP contribution in [-0.4, -0.2) is 28.1 Å².